The third-order valence-corrected chi connectivity index (χ3v) is 3.14. The molecule has 2 heterocycles. The molecule has 3 heteroatoms. The average Bonchev–Trinajstić information content (AvgIpc) is 2.63. The van der Waals surface area contributed by atoms with Gasteiger partial charge in [0.05, 0.1) is 5.39 Å². The molecule has 0 aromatic carbocycles. The highest BCUT2D eigenvalue weighted by Crippen LogP contribution is 2.21. The van der Waals surface area contributed by atoms with Gasteiger partial charge >= 0.3 is 0 Å². The summed E-state index contributed by atoms with van der Waals surface area (Å²) in [6, 6.07) is 3.98. The Morgan fingerprint density at radius 3 is 2.67 bits per heavy atom. The molecule has 0 aliphatic heterocycles. The number of aryl methyl sites for hydroxylation is 2. The number of aromatic nitrogens is 1. The Hall–Kier alpha value is -1.09. The lowest BCUT2D eigenvalue weighted by Crippen LogP contribution is -2.17. The van der Waals surface area contributed by atoms with Crippen molar-refractivity contribution in [3.63, 3.8) is 0 Å². The number of thiophene rings is 1. The van der Waals surface area contributed by atoms with Crippen LogP contribution in [0.4, 0.5) is 0 Å². The van der Waals surface area contributed by atoms with Gasteiger partial charge in [-0.3, -0.25) is 4.79 Å². The molecule has 82 valence electrons. The summed E-state index contributed by atoms with van der Waals surface area (Å²) in [7, 11) is 0. The van der Waals surface area contributed by atoms with E-state index in [9.17, 15) is 4.79 Å². The van der Waals surface area contributed by atoms with Gasteiger partial charge in [0.2, 0.25) is 0 Å². The van der Waals surface area contributed by atoms with Gasteiger partial charge in [0, 0.05) is 22.3 Å². The largest absolute Gasteiger partial charge is 0.315 e. The molecule has 0 atom stereocenters. The van der Waals surface area contributed by atoms with Crippen molar-refractivity contribution >= 4 is 21.4 Å². The lowest BCUT2D eigenvalue weighted by Gasteiger charge is -1.99. The number of hydrogen-bond donors (Lipinski definition) is 0. The van der Waals surface area contributed by atoms with Crippen molar-refractivity contribution in [1.82, 2.24) is 4.57 Å². The van der Waals surface area contributed by atoms with Crippen LogP contribution in [-0.2, 0) is 6.54 Å². The third kappa shape index (κ3) is 2.29. The van der Waals surface area contributed by atoms with Crippen molar-refractivity contribution in [3.8, 4) is 0 Å². The number of hydrogen-bond acceptors (Lipinski definition) is 2. The van der Waals surface area contributed by atoms with Crippen molar-refractivity contribution in [2.45, 2.75) is 34.2 Å². The van der Waals surface area contributed by atoms with Crippen LogP contribution in [0.5, 0.6) is 0 Å². The summed E-state index contributed by atoms with van der Waals surface area (Å²) >= 11 is 1.67. The van der Waals surface area contributed by atoms with Gasteiger partial charge in [-0.05, 0) is 26.0 Å². The van der Waals surface area contributed by atoms with Crippen molar-refractivity contribution < 1.29 is 0 Å². The third-order valence-electron chi connectivity index (χ3n) is 2.12. The number of nitrogens with zero attached hydrogens (tertiary/aromatic N) is 1. The fraction of sp³-hybridized carbons (Fsp3) is 0.417. The van der Waals surface area contributed by atoms with Gasteiger partial charge in [-0.25, -0.2) is 0 Å². The molecule has 2 rings (SSSR count). The van der Waals surface area contributed by atoms with Gasteiger partial charge < -0.3 is 4.57 Å². The van der Waals surface area contributed by atoms with Crippen LogP contribution in [0.3, 0.4) is 0 Å². The lowest BCUT2D eigenvalue weighted by molar-refractivity contribution is 0.735. The molecule has 0 N–H and O–H groups in total. The quantitative estimate of drug-likeness (QED) is 0.726. The number of fused-ring (bicyclic) bond motifs is 1. The van der Waals surface area contributed by atoms with Gasteiger partial charge in [0.15, 0.2) is 0 Å². The summed E-state index contributed by atoms with van der Waals surface area (Å²) in [6.45, 7) is 8.75. The summed E-state index contributed by atoms with van der Waals surface area (Å²) in [6.07, 6.45) is 1.86. The maximum Gasteiger partial charge on any atom is 0.259 e. The Balaban J connectivity index is 0.000000531. The van der Waals surface area contributed by atoms with E-state index in [4.69, 9.17) is 0 Å². The highest BCUT2D eigenvalue weighted by molar-refractivity contribution is 7.18. The van der Waals surface area contributed by atoms with Crippen LogP contribution in [0.15, 0.2) is 23.1 Å². The second-order valence-electron chi connectivity index (χ2n) is 3.04. The molecule has 2 nitrogen and oxygen atoms in total. The van der Waals surface area contributed by atoms with Crippen LogP contribution in [0.25, 0.3) is 10.1 Å². The fourth-order valence-electron chi connectivity index (χ4n) is 1.45. The van der Waals surface area contributed by atoms with Crippen LogP contribution in [-0.4, -0.2) is 4.57 Å². The Labute approximate surface area is 94.2 Å². The number of rotatable bonds is 1. The van der Waals surface area contributed by atoms with Crippen molar-refractivity contribution in [3.05, 3.63) is 33.6 Å². The zero-order chi connectivity index (χ0) is 11.4. The second-order valence-corrected chi connectivity index (χ2v) is 4.33. The molecule has 0 aliphatic carbocycles. The van der Waals surface area contributed by atoms with Gasteiger partial charge in [-0.2, -0.15) is 0 Å². The first-order chi connectivity index (χ1) is 7.22. The minimum absolute atomic E-state index is 0.129. The Morgan fingerprint density at radius 2 is 2.07 bits per heavy atom. The monoisotopic (exact) mass is 223 g/mol. The molecule has 0 bridgehead atoms. The molecular weight excluding hydrogens is 206 g/mol. The highest BCUT2D eigenvalue weighted by atomic mass is 32.1. The second kappa shape index (κ2) is 5.12. The molecule has 0 saturated heterocycles. The Morgan fingerprint density at radius 1 is 1.40 bits per heavy atom. The van der Waals surface area contributed by atoms with E-state index in [0.29, 0.717) is 0 Å². The first-order valence-electron chi connectivity index (χ1n) is 5.32. The molecule has 0 saturated carbocycles. The van der Waals surface area contributed by atoms with E-state index in [1.807, 2.05) is 46.0 Å². The van der Waals surface area contributed by atoms with E-state index in [-0.39, 0.29) is 5.56 Å². The zero-order valence-electron chi connectivity index (χ0n) is 9.70. The van der Waals surface area contributed by atoms with E-state index in [1.165, 1.54) is 4.88 Å². The van der Waals surface area contributed by atoms with Crippen LogP contribution in [0, 0.1) is 6.92 Å². The molecule has 2 aromatic rings. The SMILES string of the molecule is CC.CCn1ccc2sc(C)cc2c1=O. The summed E-state index contributed by atoms with van der Waals surface area (Å²) in [5.74, 6) is 0. The van der Waals surface area contributed by atoms with Crippen molar-refractivity contribution in [2.24, 2.45) is 0 Å². The molecular formula is C12H17NOS. The molecule has 0 aliphatic rings. The predicted octanol–water partition coefficient (Wildman–Crippen LogP) is 3.42. The average molecular weight is 223 g/mol. The molecule has 0 amide bonds. The zero-order valence-corrected chi connectivity index (χ0v) is 10.5. The molecule has 2 aromatic heterocycles. The van der Waals surface area contributed by atoms with Gasteiger partial charge in [-0.1, -0.05) is 13.8 Å². The summed E-state index contributed by atoms with van der Waals surface area (Å²) in [4.78, 5) is 12.9. The van der Waals surface area contributed by atoms with E-state index in [2.05, 4.69) is 0 Å². The predicted molar refractivity (Wildman–Crippen MR) is 67.8 cm³/mol. The standard InChI is InChI=1S/C10H11NOS.C2H6/c1-3-11-5-4-9-8(10(11)12)6-7(2)13-9;1-2/h4-6H,3H2,1-2H3;1-2H3. The Bertz CT molecular complexity index is 496. The first kappa shape index (κ1) is 12.0. The highest BCUT2D eigenvalue weighted by Gasteiger charge is 2.03. The molecule has 0 radical (unpaired) electrons. The fourth-order valence-corrected chi connectivity index (χ4v) is 2.36. The maximum atomic E-state index is 11.7. The van der Waals surface area contributed by atoms with Gasteiger partial charge in [-0.15, -0.1) is 11.3 Å². The molecule has 15 heavy (non-hydrogen) atoms. The topological polar surface area (TPSA) is 22.0 Å². The van der Waals surface area contributed by atoms with Crippen LogP contribution in [0.1, 0.15) is 25.6 Å². The molecule has 0 fully saturated rings. The Kier molecular flexibility index (Phi) is 4.09. The van der Waals surface area contributed by atoms with E-state index in [0.717, 1.165) is 16.6 Å². The first-order valence-corrected chi connectivity index (χ1v) is 6.13. The maximum absolute atomic E-state index is 11.7. The smallest absolute Gasteiger partial charge is 0.259 e. The minimum Gasteiger partial charge on any atom is -0.315 e. The van der Waals surface area contributed by atoms with E-state index < -0.39 is 0 Å². The van der Waals surface area contributed by atoms with Crippen LogP contribution >= 0.6 is 11.3 Å². The summed E-state index contributed by atoms with van der Waals surface area (Å²) < 4.78 is 2.82. The summed E-state index contributed by atoms with van der Waals surface area (Å²) in [5.41, 5.74) is 0.129. The molecule has 0 unspecified atom stereocenters. The van der Waals surface area contributed by atoms with Crippen LogP contribution in [0.2, 0.25) is 0 Å². The minimum atomic E-state index is 0.129. The van der Waals surface area contributed by atoms with Crippen LogP contribution < -0.4 is 5.56 Å². The summed E-state index contributed by atoms with van der Waals surface area (Å²) in [5, 5.41) is 0.854. The van der Waals surface area contributed by atoms with Crippen molar-refractivity contribution in [1.29, 1.82) is 0 Å². The van der Waals surface area contributed by atoms with E-state index in [1.54, 1.807) is 15.9 Å². The molecule has 0 spiro atoms. The lowest BCUT2D eigenvalue weighted by atomic mass is 10.3. The normalized spacial score (nSPS) is 9.87. The van der Waals surface area contributed by atoms with Gasteiger partial charge in [0.1, 0.15) is 0 Å². The van der Waals surface area contributed by atoms with Crippen molar-refractivity contribution in [2.75, 3.05) is 0 Å². The van der Waals surface area contributed by atoms with Gasteiger partial charge in [0.25, 0.3) is 5.56 Å². The van der Waals surface area contributed by atoms with E-state index >= 15 is 0 Å². The number of pyridine rings is 1.